The highest BCUT2D eigenvalue weighted by molar-refractivity contribution is 6.11. The van der Waals surface area contributed by atoms with E-state index in [0.717, 1.165) is 11.3 Å². The second kappa shape index (κ2) is 8.36. The van der Waals surface area contributed by atoms with E-state index in [1.165, 1.54) is 12.1 Å². The lowest BCUT2D eigenvalue weighted by molar-refractivity contribution is -0.130. The predicted octanol–water partition coefficient (Wildman–Crippen LogP) is 2.94. The molecule has 2 N–H and O–H groups in total. The van der Waals surface area contributed by atoms with Crippen LogP contribution in [0.25, 0.3) is 0 Å². The van der Waals surface area contributed by atoms with Gasteiger partial charge in [-0.3, -0.25) is 5.41 Å². The van der Waals surface area contributed by atoms with E-state index in [2.05, 4.69) is 10.3 Å². The van der Waals surface area contributed by atoms with Crippen molar-refractivity contribution in [3.05, 3.63) is 77.4 Å². The maximum Gasteiger partial charge on any atom is 0.365 e. The summed E-state index contributed by atoms with van der Waals surface area (Å²) in [6.07, 6.45) is 1.68. The first-order chi connectivity index (χ1) is 14.5. The first kappa shape index (κ1) is 19.6. The predicted molar refractivity (Wildman–Crippen MR) is 113 cm³/mol. The van der Waals surface area contributed by atoms with Crippen LogP contribution in [0.4, 0.5) is 10.1 Å². The smallest absolute Gasteiger partial charge is 0.365 e. The number of anilines is 1. The maximum atomic E-state index is 13.6. The number of carbonyl (C=O) groups is 1. The summed E-state index contributed by atoms with van der Waals surface area (Å²) >= 11 is 0. The molecule has 0 aliphatic carbocycles. The molecule has 1 fully saturated rings. The number of carbonyl (C=O) groups excluding carboxylic acids is 1. The molecular formula is C22H22FN5O2. The van der Waals surface area contributed by atoms with Crippen molar-refractivity contribution in [2.45, 2.75) is 6.92 Å². The molecule has 7 nitrogen and oxygen atoms in total. The normalized spacial score (nSPS) is 17.7. The molecule has 2 aliphatic rings. The molecule has 30 heavy (non-hydrogen) atoms. The SMILES string of the molecule is Cc1ccc(F)cc1C1=N/C(=C/N2CCN(C(=N)Nc3ccccc3)CC2)C(=O)O1. The van der Waals surface area contributed by atoms with Crippen molar-refractivity contribution in [1.82, 2.24) is 9.80 Å². The third-order valence-electron chi connectivity index (χ3n) is 5.02. The number of benzene rings is 2. The molecule has 0 bridgehead atoms. The zero-order chi connectivity index (χ0) is 21.1. The van der Waals surface area contributed by atoms with E-state index in [1.807, 2.05) is 47.1 Å². The fourth-order valence-electron chi connectivity index (χ4n) is 3.32. The van der Waals surface area contributed by atoms with E-state index < -0.39 is 11.8 Å². The Hall–Kier alpha value is -3.68. The van der Waals surface area contributed by atoms with Gasteiger partial charge in [0.1, 0.15) is 5.82 Å². The highest BCUT2D eigenvalue weighted by Crippen LogP contribution is 2.20. The minimum Gasteiger partial charge on any atom is -0.402 e. The van der Waals surface area contributed by atoms with Crippen LogP contribution in [-0.4, -0.2) is 53.8 Å². The zero-order valence-corrected chi connectivity index (χ0v) is 16.6. The number of hydrogen-bond donors (Lipinski definition) is 2. The Labute approximate surface area is 174 Å². The molecule has 4 rings (SSSR count). The van der Waals surface area contributed by atoms with E-state index in [9.17, 15) is 9.18 Å². The van der Waals surface area contributed by atoms with E-state index >= 15 is 0 Å². The van der Waals surface area contributed by atoms with E-state index in [0.29, 0.717) is 37.7 Å². The lowest BCUT2D eigenvalue weighted by Gasteiger charge is -2.35. The lowest BCUT2D eigenvalue weighted by Crippen LogP contribution is -2.48. The van der Waals surface area contributed by atoms with Gasteiger partial charge < -0.3 is 19.9 Å². The Morgan fingerprint density at radius 3 is 2.63 bits per heavy atom. The quantitative estimate of drug-likeness (QED) is 0.354. The molecule has 2 heterocycles. The molecule has 0 spiro atoms. The van der Waals surface area contributed by atoms with Crippen LogP contribution in [0.5, 0.6) is 0 Å². The van der Waals surface area contributed by atoms with Gasteiger partial charge in [-0.15, -0.1) is 0 Å². The number of halogens is 1. The van der Waals surface area contributed by atoms with Crippen LogP contribution in [0.15, 0.2) is 65.4 Å². The molecule has 154 valence electrons. The maximum absolute atomic E-state index is 13.6. The number of rotatable bonds is 3. The topological polar surface area (TPSA) is 81.0 Å². The summed E-state index contributed by atoms with van der Waals surface area (Å²) in [4.78, 5) is 20.4. The minimum absolute atomic E-state index is 0.121. The fourth-order valence-corrected chi connectivity index (χ4v) is 3.32. The van der Waals surface area contributed by atoms with E-state index in [4.69, 9.17) is 10.1 Å². The van der Waals surface area contributed by atoms with Crippen LogP contribution < -0.4 is 5.32 Å². The Morgan fingerprint density at radius 1 is 1.17 bits per heavy atom. The van der Waals surface area contributed by atoms with Gasteiger partial charge in [0.25, 0.3) is 0 Å². The summed E-state index contributed by atoms with van der Waals surface area (Å²) in [6, 6.07) is 13.9. The summed E-state index contributed by atoms with van der Waals surface area (Å²) in [7, 11) is 0. The first-order valence-corrected chi connectivity index (χ1v) is 9.68. The fraction of sp³-hybridized carbons (Fsp3) is 0.227. The molecule has 0 unspecified atom stereocenters. The average molecular weight is 407 g/mol. The van der Waals surface area contributed by atoms with Gasteiger partial charge in [-0.2, -0.15) is 0 Å². The van der Waals surface area contributed by atoms with Gasteiger partial charge in [0.05, 0.1) is 0 Å². The molecule has 0 saturated carbocycles. The second-order valence-corrected chi connectivity index (χ2v) is 7.14. The van der Waals surface area contributed by atoms with Crippen molar-refractivity contribution in [1.29, 1.82) is 5.41 Å². The standard InChI is InChI=1S/C22H22FN5O2/c1-15-7-8-16(23)13-18(15)20-26-19(21(29)30-20)14-27-9-11-28(12-10-27)22(24)25-17-5-3-2-4-6-17/h2-8,13-14H,9-12H2,1H3,(H2,24,25)/b19-14+. The molecule has 1 saturated heterocycles. The van der Waals surface area contributed by atoms with E-state index in [1.54, 1.807) is 12.3 Å². The van der Waals surface area contributed by atoms with Crippen molar-refractivity contribution in [2.75, 3.05) is 31.5 Å². The minimum atomic E-state index is -0.547. The average Bonchev–Trinajstić information content (AvgIpc) is 3.11. The van der Waals surface area contributed by atoms with Crippen molar-refractivity contribution in [3.8, 4) is 0 Å². The van der Waals surface area contributed by atoms with Crippen molar-refractivity contribution in [2.24, 2.45) is 4.99 Å². The van der Waals surface area contributed by atoms with Crippen molar-refractivity contribution in [3.63, 3.8) is 0 Å². The van der Waals surface area contributed by atoms with Crippen LogP contribution >= 0.6 is 0 Å². The van der Waals surface area contributed by atoms with Gasteiger partial charge in [0.2, 0.25) is 5.90 Å². The van der Waals surface area contributed by atoms with Crippen LogP contribution in [0.2, 0.25) is 0 Å². The largest absolute Gasteiger partial charge is 0.402 e. The highest BCUT2D eigenvalue weighted by atomic mass is 19.1. The van der Waals surface area contributed by atoms with Crippen LogP contribution in [0.1, 0.15) is 11.1 Å². The third-order valence-corrected chi connectivity index (χ3v) is 5.02. The molecule has 2 aromatic carbocycles. The number of para-hydroxylation sites is 1. The van der Waals surface area contributed by atoms with Crippen LogP contribution in [-0.2, 0) is 9.53 Å². The number of esters is 1. The monoisotopic (exact) mass is 407 g/mol. The molecule has 0 radical (unpaired) electrons. The van der Waals surface area contributed by atoms with Gasteiger partial charge in [0.15, 0.2) is 11.7 Å². The number of hydrogen-bond acceptors (Lipinski definition) is 5. The van der Waals surface area contributed by atoms with Gasteiger partial charge in [0, 0.05) is 43.6 Å². The first-order valence-electron chi connectivity index (χ1n) is 9.68. The molecule has 8 heteroatoms. The highest BCUT2D eigenvalue weighted by Gasteiger charge is 2.27. The second-order valence-electron chi connectivity index (χ2n) is 7.14. The molecule has 2 aromatic rings. The van der Waals surface area contributed by atoms with Crippen LogP contribution in [0, 0.1) is 18.2 Å². The summed E-state index contributed by atoms with van der Waals surface area (Å²) in [5.41, 5.74) is 2.31. The number of aliphatic imine (C=N–C) groups is 1. The number of piperazine rings is 1. The molecule has 0 atom stereocenters. The van der Waals surface area contributed by atoms with Gasteiger partial charge in [-0.25, -0.2) is 14.2 Å². The number of aryl methyl sites for hydroxylation is 1. The molecular weight excluding hydrogens is 385 g/mol. The van der Waals surface area contributed by atoms with Crippen LogP contribution in [0.3, 0.4) is 0 Å². The summed E-state index contributed by atoms with van der Waals surface area (Å²) in [5.74, 6) is -0.490. The van der Waals surface area contributed by atoms with Crippen molar-refractivity contribution >= 4 is 23.5 Å². The Bertz CT molecular complexity index is 1030. The number of nitrogens with one attached hydrogen (secondary N) is 2. The lowest BCUT2D eigenvalue weighted by atomic mass is 10.1. The molecule has 2 aliphatic heterocycles. The number of ether oxygens (including phenoxy) is 1. The molecule has 0 aromatic heterocycles. The third kappa shape index (κ3) is 4.32. The van der Waals surface area contributed by atoms with Gasteiger partial charge in [-0.1, -0.05) is 24.3 Å². The summed E-state index contributed by atoms with van der Waals surface area (Å²) in [6.45, 7) is 4.36. The van der Waals surface area contributed by atoms with E-state index in [-0.39, 0.29) is 11.6 Å². The Morgan fingerprint density at radius 2 is 1.90 bits per heavy atom. The summed E-state index contributed by atoms with van der Waals surface area (Å²) < 4.78 is 18.8. The molecule has 0 amide bonds. The number of guanidine groups is 1. The Balaban J connectivity index is 1.39. The summed E-state index contributed by atoms with van der Waals surface area (Å²) in [5, 5.41) is 11.3. The Kier molecular flexibility index (Phi) is 5.47. The van der Waals surface area contributed by atoms with Gasteiger partial charge in [-0.05, 0) is 36.8 Å². The van der Waals surface area contributed by atoms with Gasteiger partial charge >= 0.3 is 5.97 Å². The number of cyclic esters (lactones) is 1. The number of nitrogens with zero attached hydrogens (tertiary/aromatic N) is 3. The zero-order valence-electron chi connectivity index (χ0n) is 16.6. The van der Waals surface area contributed by atoms with Crippen molar-refractivity contribution < 1.29 is 13.9 Å².